The summed E-state index contributed by atoms with van der Waals surface area (Å²) in [5.41, 5.74) is 1.05. The first-order chi connectivity index (χ1) is 8.29. The highest BCUT2D eigenvalue weighted by Crippen LogP contribution is 2.22. The maximum atomic E-state index is 10.0. The van der Waals surface area contributed by atoms with Crippen molar-refractivity contribution in [2.24, 2.45) is 0 Å². The molecule has 17 heavy (non-hydrogen) atoms. The van der Waals surface area contributed by atoms with Crippen LogP contribution in [0.2, 0.25) is 0 Å². The van der Waals surface area contributed by atoms with E-state index in [1.807, 2.05) is 24.3 Å². The van der Waals surface area contributed by atoms with Crippen molar-refractivity contribution in [3.05, 3.63) is 24.3 Å². The van der Waals surface area contributed by atoms with E-state index >= 15 is 0 Å². The Morgan fingerprint density at radius 2 is 1.82 bits per heavy atom. The Kier molecular flexibility index (Phi) is 4.26. The van der Waals surface area contributed by atoms with Crippen LogP contribution in [0, 0.1) is 0 Å². The van der Waals surface area contributed by atoms with E-state index in [0.29, 0.717) is 0 Å². The molecule has 0 bridgehead atoms. The number of hydrogen-bond acceptors (Lipinski definition) is 3. The van der Waals surface area contributed by atoms with Crippen molar-refractivity contribution >= 4 is 5.69 Å². The van der Waals surface area contributed by atoms with Crippen molar-refractivity contribution in [2.45, 2.75) is 44.2 Å². The van der Waals surface area contributed by atoms with Crippen molar-refractivity contribution in [1.82, 2.24) is 0 Å². The first-order valence-corrected chi connectivity index (χ1v) is 6.38. The highest BCUT2D eigenvalue weighted by molar-refractivity contribution is 5.47. The van der Waals surface area contributed by atoms with E-state index in [9.17, 15) is 5.11 Å². The molecule has 2 N–H and O–H groups in total. The highest BCUT2D eigenvalue weighted by atomic mass is 16.5. The summed E-state index contributed by atoms with van der Waals surface area (Å²) in [5.74, 6) is 0.858. The predicted molar refractivity (Wildman–Crippen MR) is 69.5 cm³/mol. The number of hydrogen-bond donors (Lipinski definition) is 2. The molecule has 0 aromatic heterocycles. The third kappa shape index (κ3) is 3.37. The minimum atomic E-state index is -0.223. The molecule has 1 aromatic carbocycles. The zero-order chi connectivity index (χ0) is 12.1. The zero-order valence-corrected chi connectivity index (χ0v) is 10.4. The zero-order valence-electron chi connectivity index (χ0n) is 10.4. The molecule has 0 radical (unpaired) electrons. The minimum absolute atomic E-state index is 0.186. The normalized spacial score (nSPS) is 25.1. The van der Waals surface area contributed by atoms with Crippen LogP contribution in [0.1, 0.15) is 32.1 Å². The summed E-state index contributed by atoms with van der Waals surface area (Å²) in [6.07, 6.45) is 5.31. The maximum absolute atomic E-state index is 10.0. The van der Waals surface area contributed by atoms with Crippen LogP contribution in [-0.4, -0.2) is 24.4 Å². The minimum Gasteiger partial charge on any atom is -0.497 e. The van der Waals surface area contributed by atoms with Gasteiger partial charge in [-0.25, -0.2) is 0 Å². The van der Waals surface area contributed by atoms with Gasteiger partial charge in [-0.05, 0) is 37.1 Å². The Morgan fingerprint density at radius 1 is 1.12 bits per heavy atom. The summed E-state index contributed by atoms with van der Waals surface area (Å²) < 4.78 is 5.12. The molecule has 1 aliphatic rings. The second kappa shape index (κ2) is 5.92. The van der Waals surface area contributed by atoms with Crippen LogP contribution in [0.3, 0.4) is 0 Å². The van der Waals surface area contributed by atoms with Gasteiger partial charge in [-0.2, -0.15) is 0 Å². The molecule has 2 unspecified atom stereocenters. The maximum Gasteiger partial charge on any atom is 0.119 e. The third-order valence-corrected chi connectivity index (χ3v) is 3.42. The van der Waals surface area contributed by atoms with Gasteiger partial charge in [0.15, 0.2) is 0 Å². The second-order valence-electron chi connectivity index (χ2n) is 4.68. The summed E-state index contributed by atoms with van der Waals surface area (Å²) in [4.78, 5) is 0. The van der Waals surface area contributed by atoms with Crippen molar-refractivity contribution in [3.8, 4) is 5.75 Å². The molecule has 1 aromatic rings. The summed E-state index contributed by atoms with van der Waals surface area (Å²) >= 11 is 0. The standard InChI is InChI=1S/C14H21NO2/c1-17-12-9-7-11(8-10-12)15-13-5-3-2-4-6-14(13)16/h7-10,13-16H,2-6H2,1H3. The van der Waals surface area contributed by atoms with Gasteiger partial charge in [0.2, 0.25) is 0 Å². The summed E-state index contributed by atoms with van der Waals surface area (Å²) in [6.45, 7) is 0. The SMILES string of the molecule is COc1ccc(NC2CCCCCC2O)cc1. The van der Waals surface area contributed by atoms with E-state index in [4.69, 9.17) is 4.74 Å². The molecule has 0 spiro atoms. The van der Waals surface area contributed by atoms with Crippen LogP contribution < -0.4 is 10.1 Å². The fourth-order valence-corrected chi connectivity index (χ4v) is 2.36. The molecular formula is C14H21NO2. The molecule has 3 heteroatoms. The van der Waals surface area contributed by atoms with Crippen molar-refractivity contribution in [3.63, 3.8) is 0 Å². The monoisotopic (exact) mass is 235 g/mol. The second-order valence-corrected chi connectivity index (χ2v) is 4.68. The predicted octanol–water partition coefficient (Wildman–Crippen LogP) is 2.80. The number of nitrogens with one attached hydrogen (secondary N) is 1. The number of methoxy groups -OCH3 is 1. The van der Waals surface area contributed by atoms with Crippen molar-refractivity contribution < 1.29 is 9.84 Å². The molecule has 3 nitrogen and oxygen atoms in total. The van der Waals surface area contributed by atoms with Crippen LogP contribution in [-0.2, 0) is 0 Å². The van der Waals surface area contributed by atoms with Gasteiger partial charge >= 0.3 is 0 Å². The summed E-state index contributed by atoms with van der Waals surface area (Å²) in [6, 6.07) is 8.05. The van der Waals surface area contributed by atoms with Crippen molar-refractivity contribution in [1.29, 1.82) is 0 Å². The van der Waals surface area contributed by atoms with Gasteiger partial charge < -0.3 is 15.2 Å². The molecule has 0 aliphatic heterocycles. The fourth-order valence-electron chi connectivity index (χ4n) is 2.36. The van der Waals surface area contributed by atoms with Gasteiger partial charge in [0, 0.05) is 5.69 Å². The van der Waals surface area contributed by atoms with Gasteiger partial charge in [0.25, 0.3) is 0 Å². The number of aliphatic hydroxyl groups is 1. The molecule has 0 amide bonds. The van der Waals surface area contributed by atoms with Crippen LogP contribution >= 0.6 is 0 Å². The number of aliphatic hydroxyl groups excluding tert-OH is 1. The topological polar surface area (TPSA) is 41.5 Å². The average Bonchev–Trinajstić information content (AvgIpc) is 2.56. The van der Waals surface area contributed by atoms with E-state index in [1.165, 1.54) is 12.8 Å². The first kappa shape index (κ1) is 12.2. The third-order valence-electron chi connectivity index (χ3n) is 3.42. The Morgan fingerprint density at radius 3 is 2.53 bits per heavy atom. The van der Waals surface area contributed by atoms with Crippen molar-refractivity contribution in [2.75, 3.05) is 12.4 Å². The molecule has 0 heterocycles. The molecule has 2 rings (SSSR count). The lowest BCUT2D eigenvalue weighted by Crippen LogP contribution is -2.32. The molecule has 2 atom stereocenters. The Labute approximate surface area is 103 Å². The molecule has 1 fully saturated rings. The number of benzene rings is 1. The van der Waals surface area contributed by atoms with Crippen LogP contribution in [0.25, 0.3) is 0 Å². The molecular weight excluding hydrogens is 214 g/mol. The summed E-state index contributed by atoms with van der Waals surface area (Å²) in [7, 11) is 1.66. The van der Waals surface area contributed by atoms with E-state index in [2.05, 4.69) is 5.32 Å². The van der Waals surface area contributed by atoms with Gasteiger partial charge in [0.1, 0.15) is 5.75 Å². The first-order valence-electron chi connectivity index (χ1n) is 6.38. The lowest BCUT2D eigenvalue weighted by atomic mass is 10.1. The van der Waals surface area contributed by atoms with Gasteiger partial charge in [-0.3, -0.25) is 0 Å². The Balaban J connectivity index is 1.98. The molecule has 1 aliphatic carbocycles. The lowest BCUT2D eigenvalue weighted by Gasteiger charge is -2.23. The lowest BCUT2D eigenvalue weighted by molar-refractivity contribution is 0.144. The van der Waals surface area contributed by atoms with Crippen LogP contribution in [0.5, 0.6) is 5.75 Å². The van der Waals surface area contributed by atoms with Crippen LogP contribution in [0.15, 0.2) is 24.3 Å². The van der Waals surface area contributed by atoms with Gasteiger partial charge in [-0.15, -0.1) is 0 Å². The highest BCUT2D eigenvalue weighted by Gasteiger charge is 2.21. The number of rotatable bonds is 3. The Bertz CT molecular complexity index is 337. The molecule has 0 saturated heterocycles. The molecule has 94 valence electrons. The van der Waals surface area contributed by atoms with Gasteiger partial charge in [0.05, 0.1) is 19.3 Å². The van der Waals surface area contributed by atoms with Gasteiger partial charge in [-0.1, -0.05) is 19.3 Å². The molecule has 1 saturated carbocycles. The quantitative estimate of drug-likeness (QED) is 0.792. The summed E-state index contributed by atoms with van der Waals surface area (Å²) in [5, 5.41) is 13.4. The van der Waals surface area contributed by atoms with E-state index < -0.39 is 0 Å². The van der Waals surface area contributed by atoms with E-state index in [1.54, 1.807) is 7.11 Å². The fraction of sp³-hybridized carbons (Fsp3) is 0.571. The van der Waals surface area contributed by atoms with E-state index in [0.717, 1.165) is 30.7 Å². The Hall–Kier alpha value is -1.22. The smallest absolute Gasteiger partial charge is 0.119 e. The largest absolute Gasteiger partial charge is 0.497 e. The van der Waals surface area contributed by atoms with E-state index in [-0.39, 0.29) is 12.1 Å². The number of anilines is 1. The number of ether oxygens (including phenoxy) is 1. The van der Waals surface area contributed by atoms with Crippen LogP contribution in [0.4, 0.5) is 5.69 Å². The average molecular weight is 235 g/mol.